The van der Waals surface area contributed by atoms with Gasteiger partial charge in [0, 0.05) is 6.54 Å². The Balaban J connectivity index is 2.30. The number of ether oxygens (including phenoxy) is 1. The number of carbonyl (C=O) groups is 2. The van der Waals surface area contributed by atoms with Gasteiger partial charge in [-0.15, -0.1) is 0 Å². The van der Waals surface area contributed by atoms with Gasteiger partial charge in [0.2, 0.25) is 5.91 Å². The molecule has 1 saturated heterocycles. The van der Waals surface area contributed by atoms with Crippen LogP contribution in [0.5, 0.6) is 5.75 Å². The molecule has 1 atom stereocenters. The lowest BCUT2D eigenvalue weighted by Gasteiger charge is -2.18. The molecule has 5 heteroatoms. The molecule has 1 amide bonds. The Morgan fingerprint density at radius 1 is 1.47 bits per heavy atom. The second kappa shape index (κ2) is 4.45. The van der Waals surface area contributed by atoms with Crippen LogP contribution in [0.15, 0.2) is 24.3 Å². The summed E-state index contributed by atoms with van der Waals surface area (Å²) in [6.45, 7) is 0.413. The molecule has 0 aromatic heterocycles. The number of benzene rings is 1. The van der Waals surface area contributed by atoms with Gasteiger partial charge in [-0.25, -0.2) is 0 Å². The molecule has 1 aromatic rings. The molecule has 1 aromatic carbocycles. The summed E-state index contributed by atoms with van der Waals surface area (Å²) in [5.74, 6) is -1.79. The van der Waals surface area contributed by atoms with Gasteiger partial charge in [-0.3, -0.25) is 9.59 Å². The van der Waals surface area contributed by atoms with E-state index >= 15 is 0 Å². The fourth-order valence-corrected chi connectivity index (χ4v) is 2.00. The van der Waals surface area contributed by atoms with E-state index < -0.39 is 11.9 Å². The van der Waals surface area contributed by atoms with Gasteiger partial charge in [0.05, 0.1) is 12.8 Å². The summed E-state index contributed by atoms with van der Waals surface area (Å²) in [6.07, 6.45) is 0.339. The van der Waals surface area contributed by atoms with Crippen molar-refractivity contribution in [2.24, 2.45) is 5.92 Å². The third-order valence-corrected chi connectivity index (χ3v) is 2.88. The number of carboxylic acid groups (broad SMARTS) is 1. The van der Waals surface area contributed by atoms with Crippen molar-refractivity contribution in [3.05, 3.63) is 24.3 Å². The molecule has 90 valence electrons. The second-order valence-corrected chi connectivity index (χ2v) is 3.84. The molecule has 0 saturated carbocycles. The Morgan fingerprint density at radius 3 is 2.76 bits per heavy atom. The maximum Gasteiger partial charge on any atom is 0.316 e. The van der Waals surface area contributed by atoms with Crippen molar-refractivity contribution in [2.75, 3.05) is 18.6 Å². The summed E-state index contributed by atoms with van der Waals surface area (Å²) < 4.78 is 5.16. The first kappa shape index (κ1) is 11.4. The Bertz CT molecular complexity index is 458. The second-order valence-electron chi connectivity index (χ2n) is 3.84. The van der Waals surface area contributed by atoms with Crippen LogP contribution in [0, 0.1) is 5.92 Å². The molecule has 0 bridgehead atoms. The molecule has 5 nitrogen and oxygen atoms in total. The van der Waals surface area contributed by atoms with E-state index in [0.717, 1.165) is 0 Å². The predicted molar refractivity (Wildman–Crippen MR) is 61.1 cm³/mol. The summed E-state index contributed by atoms with van der Waals surface area (Å²) >= 11 is 0. The van der Waals surface area contributed by atoms with E-state index in [1.807, 2.05) is 0 Å². The number of anilines is 1. The largest absolute Gasteiger partial charge is 0.495 e. The maximum absolute atomic E-state index is 11.9. The van der Waals surface area contributed by atoms with Gasteiger partial charge in [-0.05, 0) is 18.6 Å². The quantitative estimate of drug-likeness (QED) is 0.797. The first-order valence-electron chi connectivity index (χ1n) is 5.32. The Labute approximate surface area is 98.6 Å². The number of nitrogens with zero attached hydrogens (tertiary/aromatic N) is 1. The monoisotopic (exact) mass is 235 g/mol. The highest BCUT2D eigenvalue weighted by Crippen LogP contribution is 2.32. The Hall–Kier alpha value is -2.04. The van der Waals surface area contributed by atoms with E-state index in [1.54, 1.807) is 24.3 Å². The minimum Gasteiger partial charge on any atom is -0.495 e. The summed E-state index contributed by atoms with van der Waals surface area (Å²) in [6, 6.07) is 7.09. The van der Waals surface area contributed by atoms with Crippen LogP contribution in [0.25, 0.3) is 0 Å². The molecule has 1 aliphatic rings. The van der Waals surface area contributed by atoms with Crippen LogP contribution in [-0.4, -0.2) is 30.6 Å². The molecule has 0 spiro atoms. The lowest BCUT2D eigenvalue weighted by Crippen LogP contribution is -2.30. The van der Waals surface area contributed by atoms with Gasteiger partial charge in [0.1, 0.15) is 11.7 Å². The highest BCUT2D eigenvalue weighted by Gasteiger charge is 2.38. The molecular weight excluding hydrogens is 222 g/mol. The lowest BCUT2D eigenvalue weighted by atomic mass is 10.1. The first-order valence-corrected chi connectivity index (χ1v) is 5.32. The smallest absolute Gasteiger partial charge is 0.316 e. The van der Waals surface area contributed by atoms with Gasteiger partial charge in [-0.1, -0.05) is 12.1 Å². The molecule has 1 aliphatic heterocycles. The third-order valence-electron chi connectivity index (χ3n) is 2.88. The number of methoxy groups -OCH3 is 1. The van der Waals surface area contributed by atoms with Crippen LogP contribution in [0.3, 0.4) is 0 Å². The highest BCUT2D eigenvalue weighted by atomic mass is 16.5. The molecule has 0 aliphatic carbocycles. The minimum absolute atomic E-state index is 0.339. The molecule has 1 heterocycles. The van der Waals surface area contributed by atoms with Crippen molar-refractivity contribution in [3.8, 4) is 5.75 Å². The zero-order chi connectivity index (χ0) is 12.4. The topological polar surface area (TPSA) is 66.8 Å². The fraction of sp³-hybridized carbons (Fsp3) is 0.333. The van der Waals surface area contributed by atoms with Crippen molar-refractivity contribution in [3.63, 3.8) is 0 Å². The average Bonchev–Trinajstić information content (AvgIpc) is 2.71. The van der Waals surface area contributed by atoms with Gasteiger partial charge in [0.15, 0.2) is 0 Å². The van der Waals surface area contributed by atoms with E-state index in [1.165, 1.54) is 12.0 Å². The van der Waals surface area contributed by atoms with E-state index in [0.29, 0.717) is 24.4 Å². The first-order chi connectivity index (χ1) is 8.15. The molecule has 2 rings (SSSR count). The lowest BCUT2D eigenvalue weighted by molar-refractivity contribution is -0.144. The summed E-state index contributed by atoms with van der Waals surface area (Å²) in [4.78, 5) is 24.2. The van der Waals surface area contributed by atoms with Crippen molar-refractivity contribution < 1.29 is 19.4 Å². The number of aliphatic carboxylic acids is 1. The Kier molecular flexibility index (Phi) is 2.99. The van der Waals surface area contributed by atoms with Gasteiger partial charge in [-0.2, -0.15) is 0 Å². The number of para-hydroxylation sites is 2. The Morgan fingerprint density at radius 2 is 2.18 bits per heavy atom. The minimum atomic E-state index is -1.06. The average molecular weight is 235 g/mol. The van der Waals surface area contributed by atoms with Crippen LogP contribution < -0.4 is 9.64 Å². The maximum atomic E-state index is 11.9. The van der Waals surface area contributed by atoms with Gasteiger partial charge >= 0.3 is 5.97 Å². The zero-order valence-electron chi connectivity index (χ0n) is 9.42. The number of amides is 1. The zero-order valence-corrected chi connectivity index (χ0v) is 9.42. The van der Waals surface area contributed by atoms with Crippen molar-refractivity contribution in [1.82, 2.24) is 0 Å². The van der Waals surface area contributed by atoms with E-state index in [4.69, 9.17) is 9.84 Å². The SMILES string of the molecule is COc1ccccc1N1CCC(C(=O)O)C1=O. The predicted octanol–water partition coefficient (Wildman–Crippen LogP) is 1.13. The molecular formula is C12H13NO4. The molecule has 0 radical (unpaired) electrons. The van der Waals surface area contributed by atoms with Crippen LogP contribution in [0.1, 0.15) is 6.42 Å². The fourth-order valence-electron chi connectivity index (χ4n) is 2.00. The van der Waals surface area contributed by atoms with Crippen LogP contribution >= 0.6 is 0 Å². The summed E-state index contributed by atoms with van der Waals surface area (Å²) in [5.41, 5.74) is 0.628. The van der Waals surface area contributed by atoms with Crippen molar-refractivity contribution in [2.45, 2.75) is 6.42 Å². The number of rotatable bonds is 3. The van der Waals surface area contributed by atoms with Crippen molar-refractivity contribution in [1.29, 1.82) is 0 Å². The van der Waals surface area contributed by atoms with E-state index in [9.17, 15) is 9.59 Å². The number of hydrogen-bond donors (Lipinski definition) is 1. The number of carbonyl (C=O) groups excluding carboxylic acids is 1. The number of carboxylic acids is 1. The van der Waals surface area contributed by atoms with Crippen molar-refractivity contribution >= 4 is 17.6 Å². The van der Waals surface area contributed by atoms with Gasteiger partial charge in [0.25, 0.3) is 0 Å². The number of hydrogen-bond acceptors (Lipinski definition) is 3. The highest BCUT2D eigenvalue weighted by molar-refractivity contribution is 6.08. The van der Waals surface area contributed by atoms with Crippen LogP contribution in [-0.2, 0) is 9.59 Å². The standard InChI is InChI=1S/C12H13NO4/c1-17-10-5-3-2-4-9(10)13-7-6-8(11(13)14)12(15)16/h2-5,8H,6-7H2,1H3,(H,15,16). The van der Waals surface area contributed by atoms with Crippen LogP contribution in [0.2, 0.25) is 0 Å². The molecule has 1 N–H and O–H groups in total. The normalized spacial score (nSPS) is 19.5. The third kappa shape index (κ3) is 1.95. The van der Waals surface area contributed by atoms with E-state index in [-0.39, 0.29) is 5.91 Å². The summed E-state index contributed by atoms with van der Waals surface area (Å²) in [7, 11) is 1.52. The molecule has 1 unspecified atom stereocenters. The van der Waals surface area contributed by atoms with E-state index in [2.05, 4.69) is 0 Å². The molecule has 17 heavy (non-hydrogen) atoms. The molecule has 1 fully saturated rings. The summed E-state index contributed by atoms with van der Waals surface area (Å²) in [5, 5.41) is 8.90. The van der Waals surface area contributed by atoms with Crippen LogP contribution in [0.4, 0.5) is 5.69 Å². The van der Waals surface area contributed by atoms with Gasteiger partial charge < -0.3 is 14.7 Å².